The lowest BCUT2D eigenvalue weighted by Gasteiger charge is -2.20. The smallest absolute Gasteiger partial charge is 0.0795 e. The number of rotatable bonds is 6. The van der Waals surface area contributed by atoms with E-state index in [1.807, 2.05) is 18.6 Å². The average molecular weight is 310 g/mol. The Labute approximate surface area is 129 Å². The second-order valence-electron chi connectivity index (χ2n) is 5.16. The number of aromatic nitrogens is 1. The molecule has 0 saturated heterocycles. The summed E-state index contributed by atoms with van der Waals surface area (Å²) in [7, 11) is 2.03. The van der Waals surface area contributed by atoms with Gasteiger partial charge in [0.15, 0.2) is 0 Å². The zero-order chi connectivity index (χ0) is 14.5. The fourth-order valence-corrected chi connectivity index (χ4v) is 2.83. The lowest BCUT2D eigenvalue weighted by atomic mass is 10.2. The van der Waals surface area contributed by atoms with Crippen molar-refractivity contribution in [1.82, 2.24) is 10.3 Å². The molecule has 3 nitrogen and oxygen atoms in total. The van der Waals surface area contributed by atoms with Crippen molar-refractivity contribution in [2.75, 3.05) is 11.9 Å². The molecule has 0 aliphatic rings. The van der Waals surface area contributed by atoms with Gasteiger partial charge in [0.1, 0.15) is 0 Å². The van der Waals surface area contributed by atoms with E-state index in [2.05, 4.69) is 46.6 Å². The van der Waals surface area contributed by atoms with E-state index in [1.54, 1.807) is 11.3 Å². The molecule has 2 aromatic rings. The highest BCUT2D eigenvalue weighted by Gasteiger charge is 2.09. The molecule has 0 amide bonds. The monoisotopic (exact) mass is 309 g/mol. The van der Waals surface area contributed by atoms with Crippen LogP contribution in [0.3, 0.4) is 0 Å². The van der Waals surface area contributed by atoms with Crippen molar-refractivity contribution in [3.05, 3.63) is 45.4 Å². The second-order valence-corrected chi connectivity index (χ2v) is 6.28. The van der Waals surface area contributed by atoms with E-state index >= 15 is 0 Å². The largest absolute Gasteiger partial charge is 0.367 e. The Balaban J connectivity index is 2.05. The van der Waals surface area contributed by atoms with Gasteiger partial charge in [0, 0.05) is 25.0 Å². The van der Waals surface area contributed by atoms with Crippen LogP contribution in [0, 0.1) is 0 Å². The first kappa shape index (κ1) is 15.3. The number of hydrogen-bond acceptors (Lipinski definition) is 4. The first-order chi connectivity index (χ1) is 9.56. The van der Waals surface area contributed by atoms with Crippen molar-refractivity contribution >= 4 is 28.6 Å². The molecule has 1 N–H and O–H groups in total. The lowest BCUT2D eigenvalue weighted by molar-refractivity contribution is 0.589. The molecule has 0 spiro atoms. The lowest BCUT2D eigenvalue weighted by Crippen LogP contribution is -2.22. The molecule has 0 unspecified atom stereocenters. The maximum Gasteiger partial charge on any atom is 0.0795 e. The zero-order valence-corrected chi connectivity index (χ0v) is 13.6. The van der Waals surface area contributed by atoms with Gasteiger partial charge in [0.2, 0.25) is 0 Å². The predicted molar refractivity (Wildman–Crippen MR) is 87.6 cm³/mol. The van der Waals surface area contributed by atoms with Gasteiger partial charge in [-0.2, -0.15) is 0 Å². The predicted octanol–water partition coefficient (Wildman–Crippen LogP) is 3.93. The number of halogens is 1. The Morgan fingerprint density at radius 3 is 2.80 bits per heavy atom. The topological polar surface area (TPSA) is 28.2 Å². The van der Waals surface area contributed by atoms with E-state index in [4.69, 9.17) is 11.6 Å². The summed E-state index contributed by atoms with van der Waals surface area (Å²) in [4.78, 5) is 6.42. The quantitative estimate of drug-likeness (QED) is 0.876. The van der Waals surface area contributed by atoms with Crippen molar-refractivity contribution in [3.8, 4) is 0 Å². The van der Waals surface area contributed by atoms with E-state index in [0.29, 0.717) is 6.04 Å². The van der Waals surface area contributed by atoms with Crippen molar-refractivity contribution in [2.24, 2.45) is 0 Å². The zero-order valence-electron chi connectivity index (χ0n) is 12.1. The molecule has 5 heteroatoms. The van der Waals surface area contributed by atoms with Crippen molar-refractivity contribution in [1.29, 1.82) is 0 Å². The van der Waals surface area contributed by atoms with Gasteiger partial charge in [0.05, 0.1) is 28.5 Å². The number of thiazole rings is 1. The standard InChI is InChI=1S/C15H20ClN3S/c1-11(2)17-7-12-4-5-15(14(16)6-12)19(3)8-13-9-20-10-18-13/h4-6,9-11,17H,7-8H2,1-3H3. The van der Waals surface area contributed by atoms with E-state index in [-0.39, 0.29) is 0 Å². The third-order valence-electron chi connectivity index (χ3n) is 3.02. The van der Waals surface area contributed by atoms with E-state index in [0.717, 1.165) is 29.5 Å². The average Bonchev–Trinajstić information content (AvgIpc) is 2.89. The molecular formula is C15H20ClN3S. The van der Waals surface area contributed by atoms with E-state index < -0.39 is 0 Å². The Hall–Kier alpha value is -1.10. The molecule has 1 aromatic carbocycles. The Morgan fingerprint density at radius 1 is 1.40 bits per heavy atom. The highest BCUT2D eigenvalue weighted by molar-refractivity contribution is 7.07. The fraction of sp³-hybridized carbons (Fsp3) is 0.400. The molecule has 0 aliphatic heterocycles. The van der Waals surface area contributed by atoms with Crippen LogP contribution >= 0.6 is 22.9 Å². The number of nitrogens with zero attached hydrogens (tertiary/aromatic N) is 2. The number of anilines is 1. The summed E-state index contributed by atoms with van der Waals surface area (Å²) in [6.07, 6.45) is 0. The molecule has 20 heavy (non-hydrogen) atoms. The normalized spacial score (nSPS) is 11.1. The van der Waals surface area contributed by atoms with E-state index in [1.165, 1.54) is 5.56 Å². The molecule has 0 radical (unpaired) electrons. The van der Waals surface area contributed by atoms with Gasteiger partial charge in [-0.1, -0.05) is 31.5 Å². The summed E-state index contributed by atoms with van der Waals surface area (Å²) in [5.41, 5.74) is 5.16. The summed E-state index contributed by atoms with van der Waals surface area (Å²) < 4.78 is 0. The fourth-order valence-electron chi connectivity index (χ4n) is 1.94. The molecule has 0 bridgehead atoms. The van der Waals surface area contributed by atoms with Gasteiger partial charge in [-0.15, -0.1) is 11.3 Å². The van der Waals surface area contributed by atoms with Crippen LogP contribution in [0.1, 0.15) is 25.1 Å². The molecule has 1 aromatic heterocycles. The molecule has 0 atom stereocenters. The molecule has 2 rings (SSSR count). The molecule has 1 heterocycles. The summed E-state index contributed by atoms with van der Waals surface area (Å²) in [6, 6.07) is 6.70. The summed E-state index contributed by atoms with van der Waals surface area (Å²) in [6.45, 7) is 5.88. The van der Waals surface area contributed by atoms with Gasteiger partial charge in [-0.05, 0) is 17.7 Å². The summed E-state index contributed by atoms with van der Waals surface area (Å²) in [5, 5.41) is 6.24. The molecule has 0 aliphatic carbocycles. The van der Waals surface area contributed by atoms with Gasteiger partial charge in [-0.3, -0.25) is 0 Å². The molecule has 108 valence electrons. The molecule has 0 saturated carbocycles. The minimum atomic E-state index is 0.473. The third kappa shape index (κ3) is 4.20. The van der Waals surface area contributed by atoms with Gasteiger partial charge < -0.3 is 10.2 Å². The van der Waals surface area contributed by atoms with Crippen LogP contribution in [0.15, 0.2) is 29.1 Å². The Morgan fingerprint density at radius 2 is 2.20 bits per heavy atom. The van der Waals surface area contributed by atoms with Gasteiger partial charge in [-0.25, -0.2) is 4.98 Å². The van der Waals surface area contributed by atoms with Crippen molar-refractivity contribution < 1.29 is 0 Å². The Bertz CT molecular complexity index is 540. The van der Waals surface area contributed by atoms with Crippen LogP contribution in [0.5, 0.6) is 0 Å². The van der Waals surface area contributed by atoms with Gasteiger partial charge >= 0.3 is 0 Å². The van der Waals surface area contributed by atoms with Crippen LogP contribution in [0.25, 0.3) is 0 Å². The highest BCUT2D eigenvalue weighted by Crippen LogP contribution is 2.27. The number of hydrogen-bond donors (Lipinski definition) is 1. The minimum Gasteiger partial charge on any atom is -0.367 e. The highest BCUT2D eigenvalue weighted by atomic mass is 35.5. The SMILES string of the molecule is CC(C)NCc1ccc(N(C)Cc2cscn2)c(Cl)c1. The Kier molecular flexibility index (Phi) is 5.40. The van der Waals surface area contributed by atoms with Crippen molar-refractivity contribution in [3.63, 3.8) is 0 Å². The second kappa shape index (κ2) is 7.07. The van der Waals surface area contributed by atoms with Gasteiger partial charge in [0.25, 0.3) is 0 Å². The number of nitrogens with one attached hydrogen (secondary N) is 1. The molecule has 0 fully saturated rings. The van der Waals surface area contributed by atoms with Crippen LogP contribution in [-0.4, -0.2) is 18.1 Å². The molecular weight excluding hydrogens is 290 g/mol. The third-order valence-corrected chi connectivity index (χ3v) is 3.96. The van der Waals surface area contributed by atoms with E-state index in [9.17, 15) is 0 Å². The van der Waals surface area contributed by atoms with Crippen LogP contribution < -0.4 is 10.2 Å². The summed E-state index contributed by atoms with van der Waals surface area (Å²) >= 11 is 8.01. The van der Waals surface area contributed by atoms with Crippen LogP contribution in [-0.2, 0) is 13.1 Å². The number of benzene rings is 1. The first-order valence-corrected chi connectivity index (χ1v) is 7.98. The minimum absolute atomic E-state index is 0.473. The maximum atomic E-state index is 6.39. The van der Waals surface area contributed by atoms with Crippen LogP contribution in [0.4, 0.5) is 5.69 Å². The van der Waals surface area contributed by atoms with Crippen molar-refractivity contribution in [2.45, 2.75) is 33.0 Å². The maximum absolute atomic E-state index is 6.39. The summed E-state index contributed by atoms with van der Waals surface area (Å²) in [5.74, 6) is 0. The first-order valence-electron chi connectivity index (χ1n) is 6.66. The van der Waals surface area contributed by atoms with Crippen LogP contribution in [0.2, 0.25) is 5.02 Å².